The van der Waals surface area contributed by atoms with Gasteiger partial charge < -0.3 is 20.1 Å². The Bertz CT molecular complexity index is 1210. The fourth-order valence-corrected chi connectivity index (χ4v) is 4.18. The van der Waals surface area contributed by atoms with Crippen molar-refractivity contribution in [3.63, 3.8) is 0 Å². The van der Waals surface area contributed by atoms with E-state index in [1.807, 2.05) is 19.9 Å². The van der Waals surface area contributed by atoms with Gasteiger partial charge in [0, 0.05) is 28.6 Å². The average Bonchev–Trinajstić information content (AvgIpc) is 3.37. The molecule has 3 heterocycles. The smallest absolute Gasteiger partial charge is 0.331 e. The number of rotatable bonds is 4. The molecule has 164 valence electrons. The minimum Gasteiger partial charge on any atom is -0.482 e. The van der Waals surface area contributed by atoms with Crippen LogP contribution in [0.4, 0.5) is 15.9 Å². The maximum Gasteiger partial charge on any atom is 0.331 e. The second kappa shape index (κ2) is 6.91. The van der Waals surface area contributed by atoms with E-state index >= 15 is 0 Å². The van der Waals surface area contributed by atoms with E-state index in [1.165, 1.54) is 25.3 Å². The predicted octanol–water partition coefficient (Wildman–Crippen LogP) is 3.89. The van der Waals surface area contributed by atoms with Gasteiger partial charge in [0.05, 0.1) is 12.7 Å². The van der Waals surface area contributed by atoms with E-state index in [1.54, 1.807) is 18.3 Å². The van der Waals surface area contributed by atoms with Crippen molar-refractivity contribution >= 4 is 34.5 Å². The number of nitrogens with one attached hydrogen (secondary N) is 2. The Morgan fingerprint density at radius 1 is 1.25 bits per heavy atom. The average molecular weight is 435 g/mol. The number of amides is 1. The Hall–Kier alpha value is -3.68. The quantitative estimate of drug-likeness (QED) is 0.559. The summed E-state index contributed by atoms with van der Waals surface area (Å²) in [5.74, 6) is -0.0837. The van der Waals surface area contributed by atoms with Crippen LogP contribution in [0.1, 0.15) is 37.8 Å². The van der Waals surface area contributed by atoms with Crippen molar-refractivity contribution in [2.24, 2.45) is 0 Å². The van der Waals surface area contributed by atoms with Crippen LogP contribution in [0.15, 0.2) is 48.4 Å². The van der Waals surface area contributed by atoms with Crippen LogP contribution in [0.3, 0.4) is 0 Å². The number of ether oxygens (including phenoxy) is 2. The number of anilines is 2. The number of fused-ring (bicyclic) bond motifs is 1. The molecule has 2 aromatic rings. The number of pyridine rings is 1. The monoisotopic (exact) mass is 435 g/mol. The highest BCUT2D eigenvalue weighted by atomic mass is 19.1. The zero-order chi connectivity index (χ0) is 22.7. The van der Waals surface area contributed by atoms with E-state index < -0.39 is 17.0 Å². The normalized spacial score (nSPS) is 21.9. The molecule has 2 aliphatic heterocycles. The standard InChI is InChI=1S/C24H22FN3O4/c1-23(2)16(13-4-7-19(26-12-13)28-24(8-9-24)22(30)31-3)11-18(32-23)20-15-10-14(25)5-6-17(15)27-21(20)29/h4-7,10-12H,8-9H2,1-3H3,(H,26,28)(H,27,29). The fourth-order valence-electron chi connectivity index (χ4n) is 4.18. The van der Waals surface area contributed by atoms with Crippen LogP contribution in [0, 0.1) is 5.82 Å². The highest BCUT2D eigenvalue weighted by Gasteiger charge is 2.51. The lowest BCUT2D eigenvalue weighted by Gasteiger charge is -2.23. The SMILES string of the molecule is COC(=O)C1(Nc2ccc(C3=CC(=C4C(=O)Nc5ccc(F)cc54)OC3(C)C)cn2)CC1. The van der Waals surface area contributed by atoms with Gasteiger partial charge in [-0.3, -0.25) is 4.79 Å². The molecule has 0 spiro atoms. The van der Waals surface area contributed by atoms with Gasteiger partial charge in [0.1, 0.15) is 28.5 Å². The molecule has 1 aliphatic carbocycles. The number of esters is 1. The van der Waals surface area contributed by atoms with Crippen molar-refractivity contribution in [2.45, 2.75) is 37.8 Å². The topological polar surface area (TPSA) is 89.5 Å². The second-order valence-electron chi connectivity index (χ2n) is 8.68. The Morgan fingerprint density at radius 2 is 2.03 bits per heavy atom. The lowest BCUT2D eigenvalue weighted by atomic mass is 9.93. The molecule has 1 fully saturated rings. The molecular formula is C24H22FN3O4. The van der Waals surface area contributed by atoms with Gasteiger partial charge in [0.2, 0.25) is 0 Å². The zero-order valence-electron chi connectivity index (χ0n) is 17.9. The highest BCUT2D eigenvalue weighted by molar-refractivity contribution is 6.32. The molecule has 1 aromatic carbocycles. The summed E-state index contributed by atoms with van der Waals surface area (Å²) in [5, 5.41) is 5.91. The highest BCUT2D eigenvalue weighted by Crippen LogP contribution is 2.45. The van der Waals surface area contributed by atoms with Gasteiger partial charge in [-0.05, 0) is 63.1 Å². The van der Waals surface area contributed by atoms with Gasteiger partial charge in [-0.1, -0.05) is 0 Å². The van der Waals surface area contributed by atoms with Gasteiger partial charge in [0.25, 0.3) is 5.91 Å². The lowest BCUT2D eigenvalue weighted by Crippen LogP contribution is -2.33. The van der Waals surface area contributed by atoms with Crippen LogP contribution >= 0.6 is 0 Å². The minimum atomic E-state index is -0.723. The number of hydrogen-bond acceptors (Lipinski definition) is 6. The van der Waals surface area contributed by atoms with Gasteiger partial charge in [0.15, 0.2) is 0 Å². The van der Waals surface area contributed by atoms with Crippen molar-refractivity contribution in [2.75, 3.05) is 17.7 Å². The van der Waals surface area contributed by atoms with Crippen LogP contribution in [-0.4, -0.2) is 35.1 Å². The van der Waals surface area contributed by atoms with E-state index in [2.05, 4.69) is 15.6 Å². The number of allylic oxidation sites excluding steroid dienone is 1. The Labute approximate surface area is 184 Å². The molecule has 0 bridgehead atoms. The molecular weight excluding hydrogens is 413 g/mol. The molecule has 1 saturated carbocycles. The molecule has 0 radical (unpaired) electrons. The first-order valence-corrected chi connectivity index (χ1v) is 10.3. The number of nitrogens with zero attached hydrogens (tertiary/aromatic N) is 1. The van der Waals surface area contributed by atoms with Gasteiger partial charge in [-0.25, -0.2) is 14.2 Å². The van der Waals surface area contributed by atoms with Gasteiger partial charge in [-0.2, -0.15) is 0 Å². The first-order chi connectivity index (χ1) is 15.2. The zero-order valence-corrected chi connectivity index (χ0v) is 17.9. The summed E-state index contributed by atoms with van der Waals surface area (Å²) >= 11 is 0. The van der Waals surface area contributed by atoms with E-state index in [0.717, 1.165) is 11.1 Å². The molecule has 2 N–H and O–H groups in total. The van der Waals surface area contributed by atoms with Crippen LogP contribution < -0.4 is 10.6 Å². The van der Waals surface area contributed by atoms with Crippen molar-refractivity contribution < 1.29 is 23.5 Å². The lowest BCUT2D eigenvalue weighted by molar-refractivity contribution is -0.142. The van der Waals surface area contributed by atoms with Crippen LogP contribution in [0.2, 0.25) is 0 Å². The molecule has 32 heavy (non-hydrogen) atoms. The van der Waals surface area contributed by atoms with Crippen LogP contribution in [0.25, 0.3) is 11.1 Å². The molecule has 1 aromatic heterocycles. The molecule has 3 aliphatic rings. The third-order valence-electron chi connectivity index (χ3n) is 6.03. The summed E-state index contributed by atoms with van der Waals surface area (Å²) < 4.78 is 24.8. The third-order valence-corrected chi connectivity index (χ3v) is 6.03. The number of hydrogen-bond donors (Lipinski definition) is 2. The molecule has 0 saturated heterocycles. The van der Waals surface area contributed by atoms with E-state index in [0.29, 0.717) is 41.2 Å². The van der Waals surface area contributed by atoms with E-state index in [-0.39, 0.29) is 11.9 Å². The molecule has 7 nitrogen and oxygen atoms in total. The van der Waals surface area contributed by atoms with E-state index in [9.17, 15) is 14.0 Å². The number of carbonyl (C=O) groups is 2. The van der Waals surface area contributed by atoms with Crippen molar-refractivity contribution in [1.82, 2.24) is 4.98 Å². The predicted molar refractivity (Wildman–Crippen MR) is 117 cm³/mol. The fraction of sp³-hybridized carbons (Fsp3) is 0.292. The Balaban J connectivity index is 1.47. The number of aromatic nitrogens is 1. The van der Waals surface area contributed by atoms with Crippen molar-refractivity contribution in [3.05, 3.63) is 65.3 Å². The first kappa shape index (κ1) is 20.2. The largest absolute Gasteiger partial charge is 0.482 e. The molecule has 0 atom stereocenters. The summed E-state index contributed by atoms with van der Waals surface area (Å²) in [5.41, 5.74) is 1.59. The van der Waals surface area contributed by atoms with Crippen LogP contribution in [-0.2, 0) is 19.1 Å². The van der Waals surface area contributed by atoms with Gasteiger partial charge >= 0.3 is 5.97 Å². The molecule has 5 rings (SSSR count). The number of halogens is 1. The number of carbonyl (C=O) groups excluding carboxylic acids is 2. The summed E-state index contributed by atoms with van der Waals surface area (Å²) in [4.78, 5) is 29.0. The molecule has 0 unspecified atom stereocenters. The maximum absolute atomic E-state index is 13.8. The number of benzene rings is 1. The third kappa shape index (κ3) is 3.23. The Kier molecular flexibility index (Phi) is 4.37. The summed E-state index contributed by atoms with van der Waals surface area (Å²) in [6.45, 7) is 3.79. The second-order valence-corrected chi connectivity index (χ2v) is 8.68. The summed E-state index contributed by atoms with van der Waals surface area (Å²) in [6, 6.07) is 7.86. The van der Waals surface area contributed by atoms with Crippen LogP contribution in [0.5, 0.6) is 0 Å². The molecule has 8 heteroatoms. The maximum atomic E-state index is 13.8. The summed E-state index contributed by atoms with van der Waals surface area (Å²) in [6.07, 6.45) is 4.91. The van der Waals surface area contributed by atoms with Crippen molar-refractivity contribution in [3.8, 4) is 0 Å². The van der Waals surface area contributed by atoms with Crippen molar-refractivity contribution in [1.29, 1.82) is 0 Å². The van der Waals surface area contributed by atoms with Gasteiger partial charge in [-0.15, -0.1) is 0 Å². The first-order valence-electron chi connectivity index (χ1n) is 10.3. The molecule has 1 amide bonds. The summed E-state index contributed by atoms with van der Waals surface area (Å²) in [7, 11) is 1.37. The number of methoxy groups -OCH3 is 1. The minimum absolute atomic E-state index is 0.292. The Morgan fingerprint density at radius 3 is 2.69 bits per heavy atom. The van der Waals surface area contributed by atoms with E-state index in [4.69, 9.17) is 9.47 Å².